The van der Waals surface area contributed by atoms with Crippen LogP contribution in [0, 0.1) is 17.8 Å². The van der Waals surface area contributed by atoms with E-state index in [0.717, 1.165) is 17.8 Å². The van der Waals surface area contributed by atoms with Crippen LogP contribution in [0.15, 0.2) is 0 Å². The van der Waals surface area contributed by atoms with Gasteiger partial charge in [-0.2, -0.15) is 0 Å². The standard InChI is InChI=1S/C15H31B/c1-5-15(16)10-7-6-8-12(2)14(4)13(3)9-11-15/h12-14H,5-11,16H2,1-4H3. The zero-order valence-electron chi connectivity index (χ0n) is 12.2. The summed E-state index contributed by atoms with van der Waals surface area (Å²) in [6, 6.07) is 0. The summed E-state index contributed by atoms with van der Waals surface area (Å²) in [6.45, 7) is 9.78. The summed E-state index contributed by atoms with van der Waals surface area (Å²) in [6.07, 6.45) is 10.1. The first-order valence-corrected chi connectivity index (χ1v) is 7.48. The average Bonchev–Trinajstić information content (AvgIpc) is 2.29. The molecule has 0 aromatic heterocycles. The summed E-state index contributed by atoms with van der Waals surface area (Å²) in [7, 11) is 2.51. The van der Waals surface area contributed by atoms with Gasteiger partial charge in [0.15, 0.2) is 0 Å². The molecule has 1 heteroatoms. The van der Waals surface area contributed by atoms with E-state index in [0.29, 0.717) is 5.31 Å². The summed E-state index contributed by atoms with van der Waals surface area (Å²) in [4.78, 5) is 0. The quantitative estimate of drug-likeness (QED) is 0.575. The molecule has 1 aliphatic rings. The van der Waals surface area contributed by atoms with Crippen LogP contribution in [0.4, 0.5) is 0 Å². The average molecular weight is 222 g/mol. The van der Waals surface area contributed by atoms with Crippen LogP contribution in [0.2, 0.25) is 5.31 Å². The molecule has 0 aromatic rings. The maximum absolute atomic E-state index is 2.51. The number of rotatable bonds is 1. The number of hydrogen-bond acceptors (Lipinski definition) is 0. The lowest BCUT2D eigenvalue weighted by atomic mass is 9.59. The van der Waals surface area contributed by atoms with E-state index in [-0.39, 0.29) is 0 Å². The fourth-order valence-corrected chi connectivity index (χ4v) is 3.16. The molecule has 0 saturated heterocycles. The van der Waals surface area contributed by atoms with Gasteiger partial charge in [0.05, 0.1) is 0 Å². The van der Waals surface area contributed by atoms with Gasteiger partial charge in [0.25, 0.3) is 0 Å². The van der Waals surface area contributed by atoms with Crippen molar-refractivity contribution in [2.24, 2.45) is 17.8 Å². The second-order valence-corrected chi connectivity index (χ2v) is 6.76. The maximum atomic E-state index is 2.51. The number of hydrogen-bond donors (Lipinski definition) is 0. The van der Waals surface area contributed by atoms with Crippen molar-refractivity contribution in [2.45, 2.75) is 78.0 Å². The van der Waals surface area contributed by atoms with Gasteiger partial charge in [-0.3, -0.25) is 0 Å². The van der Waals surface area contributed by atoms with Crippen molar-refractivity contribution in [3.8, 4) is 0 Å². The van der Waals surface area contributed by atoms with Gasteiger partial charge in [-0.1, -0.05) is 78.0 Å². The van der Waals surface area contributed by atoms with Crippen molar-refractivity contribution in [2.75, 3.05) is 0 Å². The molecule has 0 aromatic carbocycles. The van der Waals surface area contributed by atoms with Crippen LogP contribution in [0.25, 0.3) is 0 Å². The van der Waals surface area contributed by atoms with Crippen molar-refractivity contribution in [1.29, 1.82) is 0 Å². The first-order valence-electron chi connectivity index (χ1n) is 7.48. The Hall–Kier alpha value is 0.0649. The maximum Gasteiger partial charge on any atom is 0.109 e. The van der Waals surface area contributed by atoms with Gasteiger partial charge in [-0.15, -0.1) is 0 Å². The highest BCUT2D eigenvalue weighted by Gasteiger charge is 2.26. The van der Waals surface area contributed by atoms with E-state index in [9.17, 15) is 0 Å². The minimum Gasteiger partial charge on any atom is -0.0655 e. The second-order valence-electron chi connectivity index (χ2n) is 6.76. The Labute approximate surface area is 104 Å². The molecular weight excluding hydrogens is 191 g/mol. The summed E-state index contributed by atoms with van der Waals surface area (Å²) >= 11 is 0. The second kappa shape index (κ2) is 6.12. The van der Waals surface area contributed by atoms with Gasteiger partial charge >= 0.3 is 0 Å². The monoisotopic (exact) mass is 222 g/mol. The largest absolute Gasteiger partial charge is 0.109 e. The minimum atomic E-state index is 0.633. The Morgan fingerprint density at radius 2 is 1.62 bits per heavy atom. The zero-order chi connectivity index (χ0) is 12.2. The van der Waals surface area contributed by atoms with Crippen LogP contribution in [-0.4, -0.2) is 7.85 Å². The molecule has 1 rings (SSSR count). The summed E-state index contributed by atoms with van der Waals surface area (Å²) in [5.74, 6) is 2.76. The van der Waals surface area contributed by atoms with E-state index in [1.807, 2.05) is 0 Å². The van der Waals surface area contributed by atoms with Gasteiger partial charge in [-0.25, -0.2) is 0 Å². The molecule has 0 bridgehead atoms. The van der Waals surface area contributed by atoms with Crippen molar-refractivity contribution in [3.63, 3.8) is 0 Å². The molecule has 0 nitrogen and oxygen atoms in total. The fraction of sp³-hybridized carbons (Fsp3) is 1.00. The van der Waals surface area contributed by atoms with Gasteiger partial charge in [0.1, 0.15) is 7.85 Å². The molecule has 1 aliphatic carbocycles. The zero-order valence-corrected chi connectivity index (χ0v) is 12.2. The Kier molecular flexibility index (Phi) is 5.40. The van der Waals surface area contributed by atoms with E-state index in [2.05, 4.69) is 35.5 Å². The molecule has 0 heterocycles. The smallest absolute Gasteiger partial charge is 0.0655 e. The van der Waals surface area contributed by atoms with E-state index < -0.39 is 0 Å². The van der Waals surface area contributed by atoms with Gasteiger partial charge in [-0.05, 0) is 17.8 Å². The van der Waals surface area contributed by atoms with Crippen LogP contribution in [0.5, 0.6) is 0 Å². The first-order chi connectivity index (χ1) is 7.48. The normalized spacial score (nSPS) is 42.9. The Morgan fingerprint density at radius 3 is 2.25 bits per heavy atom. The van der Waals surface area contributed by atoms with Crippen LogP contribution in [0.1, 0.15) is 72.6 Å². The third-order valence-electron chi connectivity index (χ3n) is 5.54. The third kappa shape index (κ3) is 3.82. The predicted octanol–water partition coefficient (Wildman–Crippen LogP) is 4.45. The third-order valence-corrected chi connectivity index (χ3v) is 5.54. The van der Waals surface area contributed by atoms with Crippen LogP contribution >= 0.6 is 0 Å². The predicted molar refractivity (Wildman–Crippen MR) is 76.7 cm³/mol. The molecule has 0 radical (unpaired) electrons. The lowest BCUT2D eigenvalue weighted by Gasteiger charge is -2.34. The van der Waals surface area contributed by atoms with Crippen molar-refractivity contribution < 1.29 is 0 Å². The van der Waals surface area contributed by atoms with Crippen molar-refractivity contribution >= 4 is 7.85 Å². The van der Waals surface area contributed by atoms with Crippen LogP contribution in [-0.2, 0) is 0 Å². The highest BCUT2D eigenvalue weighted by molar-refractivity contribution is 6.15. The van der Waals surface area contributed by atoms with Gasteiger partial charge in [0, 0.05) is 0 Å². The summed E-state index contributed by atoms with van der Waals surface area (Å²) in [5.41, 5.74) is 0. The highest BCUT2D eigenvalue weighted by Crippen LogP contribution is 2.42. The Bertz CT molecular complexity index is 202. The molecule has 1 saturated carbocycles. The lowest BCUT2D eigenvalue weighted by molar-refractivity contribution is 0.222. The van der Waals surface area contributed by atoms with Crippen molar-refractivity contribution in [1.82, 2.24) is 0 Å². The van der Waals surface area contributed by atoms with E-state index in [1.165, 1.54) is 44.9 Å². The molecule has 16 heavy (non-hydrogen) atoms. The highest BCUT2D eigenvalue weighted by atomic mass is 14.3. The molecule has 0 spiro atoms. The van der Waals surface area contributed by atoms with Crippen LogP contribution < -0.4 is 0 Å². The molecule has 4 unspecified atom stereocenters. The fourth-order valence-electron chi connectivity index (χ4n) is 3.16. The molecule has 4 atom stereocenters. The molecule has 1 fully saturated rings. The molecule has 0 amide bonds. The lowest BCUT2D eigenvalue weighted by Crippen LogP contribution is -2.21. The van der Waals surface area contributed by atoms with Crippen LogP contribution in [0.3, 0.4) is 0 Å². The van der Waals surface area contributed by atoms with Gasteiger partial charge in [0.2, 0.25) is 0 Å². The van der Waals surface area contributed by atoms with Crippen molar-refractivity contribution in [3.05, 3.63) is 0 Å². The molecule has 0 N–H and O–H groups in total. The Balaban J connectivity index is 2.61. The van der Waals surface area contributed by atoms with E-state index in [1.54, 1.807) is 0 Å². The summed E-state index contributed by atoms with van der Waals surface area (Å²) in [5, 5.41) is 0.633. The molecule has 0 aliphatic heterocycles. The summed E-state index contributed by atoms with van der Waals surface area (Å²) < 4.78 is 0. The molecular formula is C15H31B. The van der Waals surface area contributed by atoms with E-state index >= 15 is 0 Å². The topological polar surface area (TPSA) is 0 Å². The first kappa shape index (κ1) is 14.1. The minimum absolute atomic E-state index is 0.633. The SMILES string of the molecule is BC1(CC)CCCCC(C)C(C)C(C)CC1. The molecule has 94 valence electrons. The Morgan fingerprint density at radius 1 is 1.00 bits per heavy atom. The van der Waals surface area contributed by atoms with Gasteiger partial charge < -0.3 is 0 Å². The van der Waals surface area contributed by atoms with E-state index in [4.69, 9.17) is 0 Å².